The van der Waals surface area contributed by atoms with Crippen molar-refractivity contribution in [2.24, 2.45) is 45.3 Å². The summed E-state index contributed by atoms with van der Waals surface area (Å²) in [7, 11) is 0. The number of rotatable bonds is 14. The second-order valence-electron chi connectivity index (χ2n) is 22.9. The van der Waals surface area contributed by atoms with Crippen molar-refractivity contribution in [3.05, 3.63) is 11.6 Å². The highest BCUT2D eigenvalue weighted by atomic mass is 16.8. The van der Waals surface area contributed by atoms with Gasteiger partial charge in [0.05, 0.1) is 37.6 Å². The lowest BCUT2D eigenvalue weighted by Crippen LogP contribution is -2.65. The number of hydrogen-bond acceptors (Lipinski definition) is 19. The minimum Gasteiger partial charge on any atom is -0.394 e. The Balaban J connectivity index is 1.10. The number of aliphatic hydroxyl groups is 12. The minimum absolute atomic E-state index is 0.0384. The van der Waals surface area contributed by atoms with Crippen LogP contribution in [0, 0.1) is 45.3 Å². The van der Waals surface area contributed by atoms with Gasteiger partial charge in [-0.2, -0.15) is 0 Å². The van der Waals surface area contributed by atoms with Gasteiger partial charge in [0.25, 0.3) is 0 Å². The van der Waals surface area contributed by atoms with Crippen LogP contribution in [-0.2, 0) is 33.2 Å². The van der Waals surface area contributed by atoms with Crippen LogP contribution < -0.4 is 0 Å². The molecule has 0 spiro atoms. The predicted molar refractivity (Wildman–Crippen MR) is 234 cm³/mol. The molecular formula is C48H80O19. The van der Waals surface area contributed by atoms with Crippen LogP contribution in [0.1, 0.15) is 107 Å². The first-order valence-electron chi connectivity index (χ1n) is 24.4. The molecule has 19 nitrogen and oxygen atoms in total. The summed E-state index contributed by atoms with van der Waals surface area (Å²) >= 11 is 0. The fourth-order valence-electron chi connectivity index (χ4n) is 13.8. The van der Waals surface area contributed by atoms with Crippen molar-refractivity contribution in [1.82, 2.24) is 0 Å². The smallest absolute Gasteiger partial charge is 0.187 e. The number of carbonyl (C=O) groups excluding carboxylic acids is 1. The summed E-state index contributed by atoms with van der Waals surface area (Å²) in [4.78, 5) is 14.8. The third-order valence-corrected chi connectivity index (χ3v) is 18.4. The van der Waals surface area contributed by atoms with Crippen LogP contribution in [-0.4, -0.2) is 197 Å². The van der Waals surface area contributed by atoms with Crippen molar-refractivity contribution in [2.45, 2.75) is 217 Å². The highest BCUT2D eigenvalue weighted by Crippen LogP contribution is 2.74. The van der Waals surface area contributed by atoms with E-state index in [4.69, 9.17) is 28.4 Å². The lowest BCUT2D eigenvalue weighted by molar-refractivity contribution is -0.380. The molecule has 24 atom stereocenters. The topological polar surface area (TPSA) is 315 Å². The Morgan fingerprint density at radius 1 is 0.716 bits per heavy atom. The number of Topliss-reactive ketones (excluding diaryl/α,β-unsaturated/α-hetero) is 1. The Kier molecular flexibility index (Phi) is 15.7. The highest BCUT2D eigenvalue weighted by Gasteiger charge is 2.70. The van der Waals surface area contributed by atoms with Gasteiger partial charge in [-0.15, -0.1) is 0 Å². The van der Waals surface area contributed by atoms with Crippen molar-refractivity contribution in [1.29, 1.82) is 0 Å². The Labute approximate surface area is 393 Å². The average Bonchev–Trinajstić information content (AvgIpc) is 3.54. The summed E-state index contributed by atoms with van der Waals surface area (Å²) in [6, 6.07) is 0. The van der Waals surface area contributed by atoms with Gasteiger partial charge in [-0.05, 0) is 93.3 Å². The average molecular weight is 961 g/mol. The van der Waals surface area contributed by atoms with Crippen LogP contribution >= 0.6 is 0 Å². The van der Waals surface area contributed by atoms with Crippen molar-refractivity contribution in [3.63, 3.8) is 0 Å². The Bertz CT molecular complexity index is 1750. The van der Waals surface area contributed by atoms with E-state index in [1.165, 1.54) is 19.4 Å². The first kappa shape index (κ1) is 53.5. The molecule has 0 bridgehead atoms. The van der Waals surface area contributed by atoms with Gasteiger partial charge in [0.1, 0.15) is 79.0 Å². The van der Waals surface area contributed by atoms with E-state index < -0.39 is 141 Å². The highest BCUT2D eigenvalue weighted by molar-refractivity contribution is 5.88. The third kappa shape index (κ3) is 9.15. The van der Waals surface area contributed by atoms with E-state index in [2.05, 4.69) is 47.6 Å². The SMILES string of the molecule is C[C@H](CC[C@@H](OC1OC(COC2OC(CO)C(O)C(O)C2O)C(O)C(O)C1OC1OC(CO)C(O)C(O)C1O)C(C)(C)O)C1CC[C@@]2(C)C3CC=C4C(CC[C@H](O)C4(C)C)[C@]3(C)C(=O)C[C@]12C. The molecule has 3 aliphatic heterocycles. The minimum atomic E-state index is -1.91. The third-order valence-electron chi connectivity index (χ3n) is 18.4. The van der Waals surface area contributed by atoms with Gasteiger partial charge in [-0.25, -0.2) is 0 Å². The summed E-state index contributed by atoms with van der Waals surface area (Å²) < 4.78 is 35.4. The molecule has 0 radical (unpaired) electrons. The van der Waals surface area contributed by atoms with E-state index in [1.807, 2.05) is 0 Å². The van der Waals surface area contributed by atoms with Gasteiger partial charge in [0.2, 0.25) is 0 Å². The molecule has 4 aliphatic carbocycles. The first-order valence-corrected chi connectivity index (χ1v) is 24.4. The lowest BCUT2D eigenvalue weighted by atomic mass is 9.38. The van der Waals surface area contributed by atoms with Gasteiger partial charge in [0, 0.05) is 17.3 Å². The molecule has 0 aromatic carbocycles. The second-order valence-corrected chi connectivity index (χ2v) is 22.9. The number of aliphatic hydroxyl groups excluding tert-OH is 11. The summed E-state index contributed by atoms with van der Waals surface area (Å²) in [6.45, 7) is 14.1. The normalized spacial score (nSPS) is 49.9. The van der Waals surface area contributed by atoms with E-state index >= 15 is 0 Å². The molecule has 386 valence electrons. The molecule has 7 rings (SSSR count). The molecule has 0 aromatic heterocycles. The van der Waals surface area contributed by atoms with E-state index in [0.717, 1.165) is 25.7 Å². The summed E-state index contributed by atoms with van der Waals surface area (Å²) in [5.74, 6) is 0.657. The van der Waals surface area contributed by atoms with Crippen molar-refractivity contribution in [2.75, 3.05) is 19.8 Å². The van der Waals surface area contributed by atoms with Crippen LogP contribution in [0.4, 0.5) is 0 Å². The zero-order valence-electron chi connectivity index (χ0n) is 40.2. The second kappa shape index (κ2) is 19.6. The van der Waals surface area contributed by atoms with E-state index in [9.17, 15) is 66.1 Å². The molecule has 67 heavy (non-hydrogen) atoms. The van der Waals surface area contributed by atoms with Crippen LogP contribution in [0.5, 0.6) is 0 Å². The molecule has 0 amide bonds. The van der Waals surface area contributed by atoms with Gasteiger partial charge in [-0.1, -0.05) is 53.2 Å². The first-order chi connectivity index (χ1) is 31.2. The van der Waals surface area contributed by atoms with Crippen molar-refractivity contribution < 1.29 is 94.5 Å². The van der Waals surface area contributed by atoms with E-state index in [1.54, 1.807) is 0 Å². The van der Waals surface area contributed by atoms with Gasteiger partial charge in [-0.3, -0.25) is 4.79 Å². The van der Waals surface area contributed by atoms with Crippen molar-refractivity contribution >= 4 is 5.78 Å². The number of ether oxygens (including phenoxy) is 6. The monoisotopic (exact) mass is 961 g/mol. The van der Waals surface area contributed by atoms with Gasteiger partial charge >= 0.3 is 0 Å². The predicted octanol–water partition coefficient (Wildman–Crippen LogP) is -0.848. The molecule has 3 saturated heterocycles. The number of fused-ring (bicyclic) bond motifs is 5. The molecule has 12 N–H and O–H groups in total. The molecular weight excluding hydrogens is 881 g/mol. The van der Waals surface area contributed by atoms with Crippen molar-refractivity contribution in [3.8, 4) is 0 Å². The maximum atomic E-state index is 14.8. The Morgan fingerprint density at radius 2 is 1.28 bits per heavy atom. The van der Waals surface area contributed by atoms with Crippen LogP contribution in [0.2, 0.25) is 0 Å². The lowest BCUT2D eigenvalue weighted by Gasteiger charge is -2.64. The van der Waals surface area contributed by atoms with Crippen LogP contribution in [0.25, 0.3) is 0 Å². The molecule has 18 unspecified atom stereocenters. The number of ketones is 1. The fraction of sp³-hybridized carbons (Fsp3) is 0.938. The van der Waals surface area contributed by atoms with Crippen LogP contribution in [0.15, 0.2) is 11.6 Å². The maximum absolute atomic E-state index is 14.8. The number of hydrogen-bond donors (Lipinski definition) is 12. The molecule has 6 fully saturated rings. The summed E-state index contributed by atoms with van der Waals surface area (Å²) in [5, 5.41) is 128. The van der Waals surface area contributed by atoms with Gasteiger partial charge < -0.3 is 89.7 Å². The number of allylic oxidation sites excluding steroid dienone is 1. The Morgan fingerprint density at radius 3 is 1.88 bits per heavy atom. The quantitative estimate of drug-likeness (QED) is 0.0944. The summed E-state index contributed by atoms with van der Waals surface area (Å²) in [6.07, 6.45) is -19.3. The van der Waals surface area contributed by atoms with Crippen LogP contribution in [0.3, 0.4) is 0 Å². The zero-order valence-corrected chi connectivity index (χ0v) is 40.2. The zero-order chi connectivity index (χ0) is 49.5. The maximum Gasteiger partial charge on any atom is 0.187 e. The fourth-order valence-corrected chi connectivity index (χ4v) is 13.8. The Hall–Kier alpha value is -1.31. The molecule has 7 aliphatic rings. The largest absolute Gasteiger partial charge is 0.394 e. The molecule has 0 aromatic rings. The standard InChI is InChI=1S/C48H80O19/c1-21(22-15-16-46(6)28-12-10-23-24(11-13-29(51)44(23,2)3)48(28,8)30(52)17-47(22,46)7)9-14-31(45(4,5)61)66-43-40(67-42-39(60)36(57)33(54)26(19-50)64-42)37(58)34(55)27(65-43)20-62-41-38(59)35(56)32(53)25(18-49)63-41/h10,21-22,24-29,31-43,49-51,53-61H,9,11-20H2,1-8H3/t21-,22?,24?,25?,26?,27?,28?,29+,31-,32?,33?,34?,35?,36?,37?,38?,39?,40?,41?,42?,43?,46+,47-,48+/m1/s1. The molecule has 3 heterocycles. The molecule has 3 saturated carbocycles. The summed E-state index contributed by atoms with van der Waals surface area (Å²) in [5.41, 5.74) is -1.79. The van der Waals surface area contributed by atoms with E-state index in [-0.39, 0.29) is 46.7 Å². The van der Waals surface area contributed by atoms with Gasteiger partial charge in [0.15, 0.2) is 18.9 Å². The molecule has 19 heteroatoms. The number of carbonyl (C=O) groups is 1. The van der Waals surface area contributed by atoms with E-state index in [0.29, 0.717) is 19.3 Å².